The molecular formula is C17H19N3O4. The van der Waals surface area contributed by atoms with Gasteiger partial charge in [-0.3, -0.25) is 14.7 Å². The summed E-state index contributed by atoms with van der Waals surface area (Å²) in [6, 6.07) is 8.84. The molecule has 0 atom stereocenters. The van der Waals surface area contributed by atoms with E-state index >= 15 is 0 Å². The molecule has 0 saturated carbocycles. The van der Waals surface area contributed by atoms with Gasteiger partial charge in [0.2, 0.25) is 11.7 Å². The van der Waals surface area contributed by atoms with Crippen molar-refractivity contribution in [2.24, 2.45) is 0 Å². The number of aromatic nitrogens is 2. The molecule has 0 aliphatic heterocycles. The number of ketones is 1. The van der Waals surface area contributed by atoms with Crippen molar-refractivity contribution in [3.63, 3.8) is 0 Å². The average molecular weight is 329 g/mol. The van der Waals surface area contributed by atoms with Gasteiger partial charge in [0, 0.05) is 18.3 Å². The Balaban J connectivity index is 2.29. The van der Waals surface area contributed by atoms with Crippen LogP contribution in [-0.2, 0) is 9.53 Å². The summed E-state index contributed by atoms with van der Waals surface area (Å²) in [4.78, 5) is 37.8. The lowest BCUT2D eigenvalue weighted by Gasteiger charge is -2.20. The fourth-order valence-corrected chi connectivity index (χ4v) is 2.29. The highest BCUT2D eigenvalue weighted by atomic mass is 16.5. The van der Waals surface area contributed by atoms with E-state index in [1.807, 2.05) is 6.07 Å². The van der Waals surface area contributed by atoms with Crippen LogP contribution in [0.5, 0.6) is 0 Å². The number of rotatable bonds is 6. The lowest BCUT2D eigenvalue weighted by atomic mass is 10.1. The summed E-state index contributed by atoms with van der Waals surface area (Å²) in [7, 11) is 0. The number of H-pyrrole nitrogens is 1. The predicted molar refractivity (Wildman–Crippen MR) is 88.1 cm³/mol. The maximum absolute atomic E-state index is 12.6. The number of aromatic amines is 1. The lowest BCUT2D eigenvalue weighted by Crippen LogP contribution is -2.34. The SMILES string of the molecule is CCOC(=O)c1c(C(=O)CN(C(C)=O)c2ccccc2)n[nH]c1C. The summed E-state index contributed by atoms with van der Waals surface area (Å²) < 4.78 is 4.96. The monoisotopic (exact) mass is 329 g/mol. The van der Waals surface area contributed by atoms with E-state index in [2.05, 4.69) is 10.2 Å². The fourth-order valence-electron chi connectivity index (χ4n) is 2.29. The minimum Gasteiger partial charge on any atom is -0.462 e. The van der Waals surface area contributed by atoms with Crippen molar-refractivity contribution in [1.29, 1.82) is 0 Å². The van der Waals surface area contributed by atoms with Gasteiger partial charge >= 0.3 is 5.97 Å². The van der Waals surface area contributed by atoms with Crippen LogP contribution in [0.2, 0.25) is 0 Å². The molecule has 1 heterocycles. The van der Waals surface area contributed by atoms with Gasteiger partial charge in [-0.15, -0.1) is 0 Å². The smallest absolute Gasteiger partial charge is 0.342 e. The molecule has 0 unspecified atom stereocenters. The minimum absolute atomic E-state index is 0.0202. The third-order valence-corrected chi connectivity index (χ3v) is 3.44. The second-order valence-electron chi connectivity index (χ2n) is 5.16. The molecule has 7 nitrogen and oxygen atoms in total. The predicted octanol–water partition coefficient (Wildman–Crippen LogP) is 2.13. The minimum atomic E-state index is -0.610. The molecule has 24 heavy (non-hydrogen) atoms. The number of para-hydroxylation sites is 1. The molecule has 1 amide bonds. The lowest BCUT2D eigenvalue weighted by molar-refractivity contribution is -0.116. The van der Waals surface area contributed by atoms with Crippen molar-refractivity contribution in [2.75, 3.05) is 18.1 Å². The number of ether oxygens (including phenoxy) is 1. The van der Waals surface area contributed by atoms with Crippen molar-refractivity contribution in [3.05, 3.63) is 47.3 Å². The van der Waals surface area contributed by atoms with E-state index in [0.29, 0.717) is 11.4 Å². The van der Waals surface area contributed by atoms with Gasteiger partial charge in [-0.2, -0.15) is 5.10 Å². The van der Waals surface area contributed by atoms with Gasteiger partial charge in [0.25, 0.3) is 0 Å². The number of benzene rings is 1. The van der Waals surface area contributed by atoms with Crippen LogP contribution in [0.15, 0.2) is 30.3 Å². The number of hydrogen-bond donors (Lipinski definition) is 1. The maximum atomic E-state index is 12.6. The summed E-state index contributed by atoms with van der Waals surface area (Å²) in [5, 5.41) is 6.54. The number of carbonyl (C=O) groups is 3. The molecule has 2 rings (SSSR count). The quantitative estimate of drug-likeness (QED) is 0.647. The van der Waals surface area contributed by atoms with Gasteiger partial charge in [-0.1, -0.05) is 18.2 Å². The number of nitrogens with one attached hydrogen (secondary N) is 1. The molecule has 2 aromatic rings. The fraction of sp³-hybridized carbons (Fsp3) is 0.294. The number of aryl methyl sites for hydroxylation is 1. The van der Waals surface area contributed by atoms with Crippen molar-refractivity contribution >= 4 is 23.3 Å². The van der Waals surface area contributed by atoms with E-state index in [4.69, 9.17) is 4.74 Å². The molecule has 0 aliphatic carbocycles. The van der Waals surface area contributed by atoms with Crippen molar-refractivity contribution in [3.8, 4) is 0 Å². The Morgan fingerprint density at radius 2 is 1.88 bits per heavy atom. The first-order valence-corrected chi connectivity index (χ1v) is 7.54. The zero-order valence-corrected chi connectivity index (χ0v) is 13.8. The molecular weight excluding hydrogens is 310 g/mol. The number of Topliss-reactive ketones (excluding diaryl/α,β-unsaturated/α-hetero) is 1. The molecule has 0 radical (unpaired) electrons. The van der Waals surface area contributed by atoms with Gasteiger partial charge in [0.05, 0.1) is 13.2 Å². The molecule has 1 aromatic heterocycles. The van der Waals surface area contributed by atoms with Gasteiger partial charge in [-0.05, 0) is 26.0 Å². The highest BCUT2D eigenvalue weighted by Gasteiger charge is 2.26. The Hall–Kier alpha value is -2.96. The number of anilines is 1. The van der Waals surface area contributed by atoms with E-state index in [1.54, 1.807) is 38.1 Å². The molecule has 0 saturated heterocycles. The van der Waals surface area contributed by atoms with Crippen LogP contribution in [0.3, 0.4) is 0 Å². The molecule has 0 bridgehead atoms. The standard InChI is InChI=1S/C17H19N3O4/c1-4-24-17(23)15-11(2)18-19-16(15)14(22)10-20(12(3)21)13-8-6-5-7-9-13/h5-9H,4,10H2,1-3H3,(H,18,19). The highest BCUT2D eigenvalue weighted by molar-refractivity contribution is 6.09. The van der Waals surface area contributed by atoms with Gasteiger partial charge in [0.15, 0.2) is 0 Å². The summed E-state index contributed by atoms with van der Waals surface area (Å²) in [6.45, 7) is 4.68. The second-order valence-corrected chi connectivity index (χ2v) is 5.16. The van der Waals surface area contributed by atoms with Gasteiger partial charge < -0.3 is 9.64 Å². The Kier molecular flexibility index (Phi) is 5.47. The Labute approximate surface area is 139 Å². The average Bonchev–Trinajstić information content (AvgIpc) is 2.95. The highest BCUT2D eigenvalue weighted by Crippen LogP contribution is 2.17. The van der Waals surface area contributed by atoms with E-state index < -0.39 is 11.8 Å². The first-order valence-electron chi connectivity index (χ1n) is 7.54. The van der Waals surface area contributed by atoms with Crippen molar-refractivity contribution in [2.45, 2.75) is 20.8 Å². The molecule has 7 heteroatoms. The van der Waals surface area contributed by atoms with Gasteiger partial charge in [-0.25, -0.2) is 4.79 Å². The zero-order valence-electron chi connectivity index (χ0n) is 13.8. The summed E-state index contributed by atoms with van der Waals surface area (Å²) in [5.74, 6) is -1.33. The van der Waals surface area contributed by atoms with Crippen LogP contribution in [0, 0.1) is 6.92 Å². The topological polar surface area (TPSA) is 92.4 Å². The second kappa shape index (κ2) is 7.54. The first-order chi connectivity index (χ1) is 11.5. The summed E-state index contributed by atoms with van der Waals surface area (Å²) in [5.41, 5.74) is 1.14. The Bertz CT molecular complexity index is 752. The van der Waals surface area contributed by atoms with E-state index in [0.717, 1.165) is 0 Å². The third-order valence-electron chi connectivity index (χ3n) is 3.44. The van der Waals surface area contributed by atoms with Crippen molar-refractivity contribution in [1.82, 2.24) is 10.2 Å². The first kappa shape index (κ1) is 17.4. The number of carbonyl (C=O) groups excluding carboxylic acids is 3. The maximum Gasteiger partial charge on any atom is 0.342 e. The zero-order chi connectivity index (χ0) is 17.7. The van der Waals surface area contributed by atoms with Crippen LogP contribution >= 0.6 is 0 Å². The number of amides is 1. The van der Waals surface area contributed by atoms with Gasteiger partial charge in [0.1, 0.15) is 11.3 Å². The van der Waals surface area contributed by atoms with Crippen LogP contribution in [0.25, 0.3) is 0 Å². The Morgan fingerprint density at radius 1 is 1.21 bits per heavy atom. The molecule has 0 aliphatic rings. The largest absolute Gasteiger partial charge is 0.462 e. The van der Waals surface area contributed by atoms with Crippen LogP contribution in [0.4, 0.5) is 5.69 Å². The summed E-state index contributed by atoms with van der Waals surface area (Å²) >= 11 is 0. The summed E-state index contributed by atoms with van der Waals surface area (Å²) in [6.07, 6.45) is 0. The molecule has 0 fully saturated rings. The molecule has 1 N–H and O–H groups in total. The number of nitrogens with zero attached hydrogens (tertiary/aromatic N) is 2. The van der Waals surface area contributed by atoms with Crippen LogP contribution < -0.4 is 4.90 Å². The Morgan fingerprint density at radius 3 is 2.46 bits per heavy atom. The van der Waals surface area contributed by atoms with Crippen LogP contribution in [0.1, 0.15) is 40.4 Å². The third kappa shape index (κ3) is 3.68. The number of hydrogen-bond acceptors (Lipinski definition) is 5. The normalized spacial score (nSPS) is 10.3. The van der Waals surface area contributed by atoms with Crippen LogP contribution in [-0.4, -0.2) is 41.0 Å². The van der Waals surface area contributed by atoms with Crippen molar-refractivity contribution < 1.29 is 19.1 Å². The van der Waals surface area contributed by atoms with E-state index in [1.165, 1.54) is 11.8 Å². The molecule has 0 spiro atoms. The number of esters is 1. The van der Waals surface area contributed by atoms with E-state index in [-0.39, 0.29) is 30.3 Å². The molecule has 126 valence electrons. The van der Waals surface area contributed by atoms with E-state index in [9.17, 15) is 14.4 Å². The molecule has 1 aromatic carbocycles.